The number of fused-ring (bicyclic) bond motifs is 1. The fourth-order valence-electron chi connectivity index (χ4n) is 4.01. The average molecular weight is 359 g/mol. The molecular formula is C20H20ClFN2O. The van der Waals surface area contributed by atoms with Crippen molar-refractivity contribution in [2.45, 2.75) is 30.6 Å². The first-order valence-electron chi connectivity index (χ1n) is 8.57. The Hall–Kier alpha value is -1.91. The molecule has 2 aromatic carbocycles. The first-order chi connectivity index (χ1) is 12.1. The van der Waals surface area contributed by atoms with E-state index in [0.717, 1.165) is 18.0 Å². The predicted octanol–water partition coefficient (Wildman–Crippen LogP) is 4.03. The molecule has 3 fully saturated rings. The summed E-state index contributed by atoms with van der Waals surface area (Å²) in [5, 5.41) is 6.45. The molecule has 5 rings (SSSR count). The van der Waals surface area contributed by atoms with Crippen LogP contribution in [0.3, 0.4) is 0 Å². The second kappa shape index (κ2) is 6.43. The van der Waals surface area contributed by atoms with Crippen molar-refractivity contribution in [1.29, 1.82) is 0 Å². The number of carbonyl (C=O) groups is 1. The first-order valence-corrected chi connectivity index (χ1v) is 9.01. The minimum absolute atomic E-state index is 0.182. The number of benzene rings is 2. The zero-order chi connectivity index (χ0) is 17.4. The van der Waals surface area contributed by atoms with E-state index in [2.05, 4.69) is 22.8 Å². The summed E-state index contributed by atoms with van der Waals surface area (Å²) >= 11 is 5.51. The SMILES string of the molecule is O=C(NCc1ccc(C23CC(CN2)C3)cc1)c1ccccc1C(F)Cl. The molecule has 25 heavy (non-hydrogen) atoms. The molecule has 1 saturated carbocycles. The zero-order valence-corrected chi connectivity index (χ0v) is 14.5. The smallest absolute Gasteiger partial charge is 0.251 e. The van der Waals surface area contributed by atoms with Gasteiger partial charge in [-0.25, -0.2) is 4.39 Å². The van der Waals surface area contributed by atoms with E-state index in [9.17, 15) is 9.18 Å². The van der Waals surface area contributed by atoms with Gasteiger partial charge in [-0.15, -0.1) is 0 Å². The van der Waals surface area contributed by atoms with Crippen molar-refractivity contribution < 1.29 is 9.18 Å². The number of rotatable bonds is 5. The third kappa shape index (κ3) is 3.05. The van der Waals surface area contributed by atoms with Crippen LogP contribution >= 0.6 is 11.6 Å². The van der Waals surface area contributed by atoms with Crippen molar-refractivity contribution >= 4 is 17.5 Å². The highest BCUT2D eigenvalue weighted by Gasteiger charge is 2.50. The summed E-state index contributed by atoms with van der Waals surface area (Å²) in [6.07, 6.45) is 2.45. The normalized spacial score (nSPS) is 25.3. The van der Waals surface area contributed by atoms with Crippen LogP contribution in [-0.2, 0) is 12.1 Å². The Morgan fingerprint density at radius 1 is 1.24 bits per heavy atom. The number of hydrogen-bond acceptors (Lipinski definition) is 2. The number of alkyl halides is 2. The van der Waals surface area contributed by atoms with E-state index < -0.39 is 5.63 Å². The van der Waals surface area contributed by atoms with E-state index in [4.69, 9.17) is 11.6 Å². The highest BCUT2D eigenvalue weighted by atomic mass is 35.5. The largest absolute Gasteiger partial charge is 0.348 e. The standard InChI is InChI=1S/C20H20ClFN2O/c21-18(22)16-3-1-2-4-17(16)19(25)23-11-13-5-7-15(8-6-13)20-9-14(10-20)12-24-20/h1-8,14,18,24H,9-12H2,(H,23,25). The number of amides is 1. The number of nitrogens with one attached hydrogen (secondary N) is 2. The van der Waals surface area contributed by atoms with Gasteiger partial charge in [0.15, 0.2) is 5.63 Å². The summed E-state index contributed by atoms with van der Waals surface area (Å²) in [7, 11) is 0. The zero-order valence-electron chi connectivity index (χ0n) is 13.8. The van der Waals surface area contributed by atoms with E-state index in [1.54, 1.807) is 18.2 Å². The van der Waals surface area contributed by atoms with Gasteiger partial charge in [-0.2, -0.15) is 0 Å². The van der Waals surface area contributed by atoms with Gasteiger partial charge in [0.2, 0.25) is 0 Å². The third-order valence-electron chi connectivity index (χ3n) is 5.40. The molecule has 0 aromatic heterocycles. The highest BCUT2D eigenvalue weighted by molar-refractivity contribution is 6.20. The first kappa shape index (κ1) is 16.6. The number of hydrogen-bond donors (Lipinski definition) is 2. The van der Waals surface area contributed by atoms with E-state index in [-0.39, 0.29) is 22.6 Å². The molecule has 2 aliphatic heterocycles. The van der Waals surface area contributed by atoms with Crippen molar-refractivity contribution in [2.75, 3.05) is 6.54 Å². The summed E-state index contributed by atoms with van der Waals surface area (Å²) in [4.78, 5) is 12.3. The molecular weight excluding hydrogens is 339 g/mol. The molecule has 0 radical (unpaired) electrons. The average Bonchev–Trinajstić information content (AvgIpc) is 3.22. The Morgan fingerprint density at radius 2 is 1.96 bits per heavy atom. The Labute approximate surface area is 151 Å². The van der Waals surface area contributed by atoms with Crippen LogP contribution in [0.2, 0.25) is 0 Å². The van der Waals surface area contributed by atoms with Crippen LogP contribution in [-0.4, -0.2) is 12.5 Å². The quantitative estimate of drug-likeness (QED) is 0.792. The summed E-state index contributed by atoms with van der Waals surface area (Å²) < 4.78 is 13.4. The van der Waals surface area contributed by atoms with Gasteiger partial charge >= 0.3 is 0 Å². The van der Waals surface area contributed by atoms with Crippen LogP contribution in [0.5, 0.6) is 0 Å². The molecule has 130 valence electrons. The second-order valence-electron chi connectivity index (χ2n) is 7.00. The van der Waals surface area contributed by atoms with E-state index in [1.807, 2.05) is 12.1 Å². The lowest BCUT2D eigenvalue weighted by Crippen LogP contribution is -2.39. The van der Waals surface area contributed by atoms with Crippen molar-refractivity contribution in [3.8, 4) is 0 Å². The molecule has 2 bridgehead atoms. The lowest BCUT2D eigenvalue weighted by atomic mass is 9.69. The molecule has 1 atom stereocenters. The summed E-state index contributed by atoms with van der Waals surface area (Å²) in [6, 6.07) is 14.8. The minimum atomic E-state index is -1.69. The second-order valence-corrected chi connectivity index (χ2v) is 7.39. The van der Waals surface area contributed by atoms with Gasteiger partial charge in [0.25, 0.3) is 5.91 Å². The fraction of sp³-hybridized carbons (Fsp3) is 0.350. The maximum absolute atomic E-state index is 13.4. The predicted molar refractivity (Wildman–Crippen MR) is 96.2 cm³/mol. The lowest BCUT2D eigenvalue weighted by molar-refractivity contribution is 0.0949. The van der Waals surface area contributed by atoms with Gasteiger partial charge in [0, 0.05) is 23.2 Å². The van der Waals surface area contributed by atoms with Crippen LogP contribution in [0, 0.1) is 5.92 Å². The van der Waals surface area contributed by atoms with Crippen LogP contribution in [0.25, 0.3) is 0 Å². The lowest BCUT2D eigenvalue weighted by Gasteiger charge is -2.38. The molecule has 5 heteroatoms. The van der Waals surface area contributed by atoms with Gasteiger partial charge < -0.3 is 10.6 Å². The Balaban J connectivity index is 1.41. The molecule has 3 nitrogen and oxygen atoms in total. The van der Waals surface area contributed by atoms with E-state index in [1.165, 1.54) is 24.5 Å². The van der Waals surface area contributed by atoms with Crippen LogP contribution in [0.15, 0.2) is 48.5 Å². The third-order valence-corrected chi connectivity index (χ3v) is 5.64. The van der Waals surface area contributed by atoms with Crippen molar-refractivity contribution in [3.63, 3.8) is 0 Å². The van der Waals surface area contributed by atoms with Crippen LogP contribution < -0.4 is 10.6 Å². The summed E-state index contributed by atoms with van der Waals surface area (Å²) in [5.41, 5.74) is 1.30. The van der Waals surface area contributed by atoms with Crippen molar-refractivity contribution in [1.82, 2.24) is 10.6 Å². The summed E-state index contributed by atoms with van der Waals surface area (Å²) in [6.45, 7) is 1.52. The van der Waals surface area contributed by atoms with Gasteiger partial charge in [0.05, 0.1) is 0 Å². The van der Waals surface area contributed by atoms with Gasteiger partial charge in [-0.05, 0) is 42.5 Å². The maximum Gasteiger partial charge on any atom is 0.251 e. The Morgan fingerprint density at radius 3 is 2.60 bits per heavy atom. The van der Waals surface area contributed by atoms with Gasteiger partial charge in [-0.3, -0.25) is 4.79 Å². The molecule has 1 aliphatic carbocycles. The Kier molecular flexibility index (Phi) is 4.26. The molecule has 2 N–H and O–H groups in total. The van der Waals surface area contributed by atoms with Crippen molar-refractivity contribution in [3.05, 3.63) is 70.8 Å². The molecule has 2 saturated heterocycles. The molecule has 2 aromatic rings. The minimum Gasteiger partial charge on any atom is -0.348 e. The molecule has 1 amide bonds. The summed E-state index contributed by atoms with van der Waals surface area (Å²) in [5.74, 6) is 0.515. The molecule has 3 aliphatic rings. The monoisotopic (exact) mass is 358 g/mol. The van der Waals surface area contributed by atoms with Gasteiger partial charge in [0.1, 0.15) is 0 Å². The van der Waals surface area contributed by atoms with Crippen molar-refractivity contribution in [2.24, 2.45) is 5.92 Å². The van der Waals surface area contributed by atoms with Gasteiger partial charge in [-0.1, -0.05) is 54.1 Å². The fourth-order valence-corrected chi connectivity index (χ4v) is 4.20. The van der Waals surface area contributed by atoms with E-state index in [0.29, 0.717) is 6.54 Å². The Bertz CT molecular complexity index is 779. The number of halogens is 2. The molecule has 2 heterocycles. The topological polar surface area (TPSA) is 41.1 Å². The molecule has 1 unspecified atom stereocenters. The maximum atomic E-state index is 13.4. The van der Waals surface area contributed by atoms with E-state index >= 15 is 0 Å². The highest BCUT2D eigenvalue weighted by Crippen LogP contribution is 2.50. The molecule has 0 spiro atoms. The number of carbonyl (C=O) groups excluding carboxylic acids is 1. The van der Waals surface area contributed by atoms with Crippen LogP contribution in [0.1, 0.15) is 45.5 Å². The van der Waals surface area contributed by atoms with Crippen LogP contribution in [0.4, 0.5) is 4.39 Å².